The molecule has 176 valence electrons. The topological polar surface area (TPSA) is 148 Å². The molecule has 1 fully saturated rings. The molecule has 3 aromatic carbocycles. The molecule has 5 atom stereocenters. The van der Waals surface area contributed by atoms with Gasteiger partial charge in [-0.3, -0.25) is 14.9 Å². The monoisotopic (exact) mass is 471 g/mol. The number of carbonyl (C=O) groups is 2. The number of H-pyrrole nitrogens is 1. The molecule has 2 aliphatic rings. The Balaban J connectivity index is 1.72. The van der Waals surface area contributed by atoms with Crippen LogP contribution in [0.4, 0.5) is 0 Å². The molecular weight excluding hydrogens is 450 g/mol. The molecule has 0 spiro atoms. The molecule has 35 heavy (non-hydrogen) atoms. The number of fused-ring (bicyclic) bond motifs is 10. The molecular formula is C26H21N3O6. The van der Waals surface area contributed by atoms with Gasteiger partial charge in [-0.05, 0) is 18.6 Å². The Kier molecular flexibility index (Phi) is 4.06. The largest absolute Gasteiger partial charge is 0.390 e. The van der Waals surface area contributed by atoms with Gasteiger partial charge in [0.2, 0.25) is 0 Å². The van der Waals surface area contributed by atoms with Crippen molar-refractivity contribution in [3.05, 3.63) is 59.7 Å². The number of benzene rings is 3. The van der Waals surface area contributed by atoms with E-state index in [1.165, 1.54) is 0 Å². The number of imide groups is 1. The smallest absolute Gasteiger partial charge is 0.259 e. The van der Waals surface area contributed by atoms with Crippen LogP contribution in [0.3, 0.4) is 0 Å². The first-order chi connectivity index (χ1) is 16.9. The van der Waals surface area contributed by atoms with Crippen molar-refractivity contribution >= 4 is 55.4 Å². The van der Waals surface area contributed by atoms with Crippen LogP contribution in [0.2, 0.25) is 0 Å². The van der Waals surface area contributed by atoms with Crippen molar-refractivity contribution in [2.75, 3.05) is 0 Å². The normalized spacial score (nSPS) is 26.8. The number of aromatic nitrogens is 2. The van der Waals surface area contributed by atoms with Gasteiger partial charge in [0.25, 0.3) is 11.8 Å². The molecule has 0 radical (unpaired) electrons. The molecule has 7 rings (SSSR count). The summed E-state index contributed by atoms with van der Waals surface area (Å²) in [6, 6.07) is 14.0. The number of amides is 2. The summed E-state index contributed by atoms with van der Waals surface area (Å²) >= 11 is 0. The van der Waals surface area contributed by atoms with Crippen molar-refractivity contribution in [2.24, 2.45) is 0 Å². The Hall–Kier alpha value is -3.76. The lowest BCUT2D eigenvalue weighted by Crippen LogP contribution is -2.53. The van der Waals surface area contributed by atoms with E-state index in [1.807, 2.05) is 53.1 Å². The van der Waals surface area contributed by atoms with E-state index < -0.39 is 42.3 Å². The average molecular weight is 471 g/mol. The number of aromatic amines is 1. The minimum atomic E-state index is -1.56. The van der Waals surface area contributed by atoms with Gasteiger partial charge in [0.05, 0.1) is 34.3 Å². The van der Waals surface area contributed by atoms with E-state index in [-0.39, 0.29) is 12.0 Å². The maximum Gasteiger partial charge on any atom is 0.259 e. The van der Waals surface area contributed by atoms with Crippen LogP contribution in [0.15, 0.2) is 48.5 Å². The fourth-order valence-electron chi connectivity index (χ4n) is 6.06. The van der Waals surface area contributed by atoms with Crippen LogP contribution in [0.1, 0.15) is 33.2 Å². The molecule has 0 saturated heterocycles. The number of rotatable bonds is 1. The molecule has 3 heterocycles. The van der Waals surface area contributed by atoms with Gasteiger partial charge in [0.15, 0.2) is 0 Å². The molecule has 0 unspecified atom stereocenters. The number of aliphatic hydroxyl groups is 4. The van der Waals surface area contributed by atoms with Gasteiger partial charge < -0.3 is 30.0 Å². The summed E-state index contributed by atoms with van der Waals surface area (Å²) in [5.74, 6) is -0.963. The Morgan fingerprint density at radius 1 is 0.771 bits per heavy atom. The van der Waals surface area contributed by atoms with Crippen LogP contribution in [-0.4, -0.2) is 66.2 Å². The number of hydrogen-bond acceptors (Lipinski definition) is 6. The zero-order valence-electron chi connectivity index (χ0n) is 18.3. The van der Waals surface area contributed by atoms with Gasteiger partial charge in [-0.25, -0.2) is 0 Å². The van der Waals surface area contributed by atoms with Crippen molar-refractivity contribution in [1.82, 2.24) is 14.9 Å². The van der Waals surface area contributed by atoms with E-state index in [2.05, 4.69) is 10.3 Å². The molecule has 9 nitrogen and oxygen atoms in total. The summed E-state index contributed by atoms with van der Waals surface area (Å²) < 4.78 is 1.82. The molecule has 0 bridgehead atoms. The number of hydrogen-bond donors (Lipinski definition) is 6. The van der Waals surface area contributed by atoms with Gasteiger partial charge in [-0.15, -0.1) is 0 Å². The second kappa shape index (κ2) is 6.89. The lowest BCUT2D eigenvalue weighted by molar-refractivity contribution is -0.152. The standard InChI is InChI=1S/C26H21N3O6/c30-15-9-14(22(31)24(33)23(15)32)29-13-8-4-2-6-11(13)17-19-18(25(34)28-26(19)35)16-10-5-1-3-7-12(10)27-20(16)21(17)29/h1-8,14-15,22-24,27,30-33H,9H2,(H,28,34,35)/t14-,15+,22+,23+,24+/m0/s1. The number of para-hydroxylation sites is 2. The molecule has 9 heteroatoms. The van der Waals surface area contributed by atoms with Crippen molar-refractivity contribution in [2.45, 2.75) is 36.9 Å². The number of nitrogens with zero attached hydrogens (tertiary/aromatic N) is 1. The van der Waals surface area contributed by atoms with Crippen LogP contribution in [0, 0.1) is 0 Å². The van der Waals surface area contributed by atoms with E-state index >= 15 is 0 Å². The van der Waals surface area contributed by atoms with Gasteiger partial charge in [-0.2, -0.15) is 0 Å². The van der Waals surface area contributed by atoms with Crippen molar-refractivity contribution in [3.63, 3.8) is 0 Å². The summed E-state index contributed by atoms with van der Waals surface area (Å²) in [6.07, 6.45) is -5.69. The van der Waals surface area contributed by atoms with Crippen molar-refractivity contribution < 1.29 is 30.0 Å². The van der Waals surface area contributed by atoms with Crippen molar-refractivity contribution in [3.8, 4) is 0 Å². The summed E-state index contributed by atoms with van der Waals surface area (Å²) in [6.45, 7) is 0. The fourth-order valence-corrected chi connectivity index (χ4v) is 6.06. The third-order valence-corrected chi connectivity index (χ3v) is 7.59. The van der Waals surface area contributed by atoms with Crippen LogP contribution >= 0.6 is 0 Å². The fraction of sp³-hybridized carbons (Fsp3) is 0.231. The minimum Gasteiger partial charge on any atom is -0.390 e. The maximum atomic E-state index is 13.1. The van der Waals surface area contributed by atoms with Crippen LogP contribution in [0.5, 0.6) is 0 Å². The summed E-state index contributed by atoms with van der Waals surface area (Å²) in [4.78, 5) is 29.5. The van der Waals surface area contributed by atoms with E-state index in [0.29, 0.717) is 38.3 Å². The highest BCUT2D eigenvalue weighted by molar-refractivity contribution is 6.39. The number of carbonyl (C=O) groups excluding carboxylic acids is 2. The lowest BCUT2D eigenvalue weighted by Gasteiger charge is -2.39. The average Bonchev–Trinajstić information content (AvgIpc) is 3.49. The predicted octanol–water partition coefficient (Wildman–Crippen LogP) is 1.70. The molecule has 1 saturated carbocycles. The van der Waals surface area contributed by atoms with Gasteiger partial charge in [0.1, 0.15) is 18.3 Å². The second-order valence-corrected chi connectivity index (χ2v) is 9.41. The first-order valence-corrected chi connectivity index (χ1v) is 11.5. The number of aliphatic hydroxyl groups excluding tert-OH is 4. The molecule has 6 N–H and O–H groups in total. The quantitative estimate of drug-likeness (QED) is 0.205. The van der Waals surface area contributed by atoms with Crippen molar-refractivity contribution in [1.29, 1.82) is 0 Å². The molecule has 1 aliphatic carbocycles. The van der Waals surface area contributed by atoms with Crippen LogP contribution < -0.4 is 5.32 Å². The SMILES string of the molecule is O=C1NC(=O)c2c1c1c3ccccc3[nH]c1c1c2c2ccccc2n1[C@H]1C[C@@H](O)[C@@H](O)[C@H](O)[C@@H]1O. The molecule has 2 aromatic heterocycles. The highest BCUT2D eigenvalue weighted by Crippen LogP contribution is 2.46. The minimum absolute atomic E-state index is 0.0168. The van der Waals surface area contributed by atoms with E-state index in [0.717, 1.165) is 10.9 Å². The van der Waals surface area contributed by atoms with E-state index in [1.54, 1.807) is 0 Å². The lowest BCUT2D eigenvalue weighted by atomic mass is 9.85. The van der Waals surface area contributed by atoms with Gasteiger partial charge in [0, 0.05) is 32.6 Å². The summed E-state index contributed by atoms with van der Waals surface area (Å²) in [5, 5.41) is 47.2. The molecule has 1 aliphatic heterocycles. The third kappa shape index (κ3) is 2.50. The first-order valence-electron chi connectivity index (χ1n) is 11.5. The van der Waals surface area contributed by atoms with E-state index in [9.17, 15) is 30.0 Å². The highest BCUT2D eigenvalue weighted by atomic mass is 16.4. The zero-order chi connectivity index (χ0) is 24.2. The molecule has 5 aromatic rings. The predicted molar refractivity (Wildman–Crippen MR) is 128 cm³/mol. The Labute approximate surface area is 197 Å². The van der Waals surface area contributed by atoms with E-state index in [4.69, 9.17) is 0 Å². The highest BCUT2D eigenvalue weighted by Gasteiger charge is 2.44. The Morgan fingerprint density at radius 3 is 2.20 bits per heavy atom. The van der Waals surface area contributed by atoms with Crippen LogP contribution in [0.25, 0.3) is 43.6 Å². The third-order valence-electron chi connectivity index (χ3n) is 7.59. The summed E-state index contributed by atoms with van der Waals surface area (Å²) in [7, 11) is 0. The number of nitrogens with one attached hydrogen (secondary N) is 2. The summed E-state index contributed by atoms with van der Waals surface area (Å²) in [5.41, 5.74) is 3.22. The Morgan fingerprint density at radius 2 is 1.43 bits per heavy atom. The maximum absolute atomic E-state index is 13.1. The molecule has 2 amide bonds. The second-order valence-electron chi connectivity index (χ2n) is 9.41. The van der Waals surface area contributed by atoms with Gasteiger partial charge in [-0.1, -0.05) is 36.4 Å². The zero-order valence-corrected chi connectivity index (χ0v) is 18.3. The van der Waals surface area contributed by atoms with Gasteiger partial charge >= 0.3 is 0 Å². The van der Waals surface area contributed by atoms with Crippen LogP contribution in [-0.2, 0) is 0 Å². The Bertz CT molecular complexity index is 1730. The first kappa shape index (κ1) is 20.6.